The van der Waals surface area contributed by atoms with Crippen molar-refractivity contribution < 1.29 is 13.2 Å². The van der Waals surface area contributed by atoms with E-state index in [-0.39, 0.29) is 17.8 Å². The molecular weight excluding hydrogens is 539 g/mol. The lowest BCUT2D eigenvalue weighted by Crippen LogP contribution is -2.30. The molecule has 0 atom stereocenters. The molecule has 0 unspecified atom stereocenters. The van der Waals surface area contributed by atoms with Crippen molar-refractivity contribution in [2.75, 3.05) is 0 Å². The normalized spacial score (nSPS) is 11.3. The van der Waals surface area contributed by atoms with Crippen LogP contribution in [0.5, 0.6) is 0 Å². The van der Waals surface area contributed by atoms with E-state index in [2.05, 4.69) is 28.0 Å². The number of pyridine rings is 1. The second-order valence-electron chi connectivity index (χ2n) is 9.03. The molecule has 0 amide bonds. The standard InChI is InChI=1S/C28H23ClF3N5O.C2H2/c1-4-23-34-35-26-24(18-9-12-21(29)13-10-18)25(19-7-5-16(2)6-8-19)27(38)36(37(23)26)15-20-11-14-22(28(30,31)32)33-17(20)3;1-2/h5-14H,4,15H2,1-3H3;1-2H. The Hall–Kier alpha value is -4.42. The molecule has 0 bridgehead atoms. The van der Waals surface area contributed by atoms with Crippen LogP contribution in [0.15, 0.2) is 65.5 Å². The largest absolute Gasteiger partial charge is 0.433 e. The number of rotatable bonds is 5. The van der Waals surface area contributed by atoms with E-state index >= 15 is 0 Å². The summed E-state index contributed by atoms with van der Waals surface area (Å²) in [5, 5.41) is 9.35. The maximum absolute atomic E-state index is 14.3. The van der Waals surface area contributed by atoms with E-state index in [1.165, 1.54) is 17.7 Å². The molecule has 10 heteroatoms. The quantitative estimate of drug-likeness (QED) is 0.221. The molecule has 0 saturated carbocycles. The van der Waals surface area contributed by atoms with Gasteiger partial charge < -0.3 is 0 Å². The number of alkyl halides is 3. The predicted molar refractivity (Wildman–Crippen MR) is 150 cm³/mol. The summed E-state index contributed by atoms with van der Waals surface area (Å²) in [6.07, 6.45) is 3.92. The first-order valence-electron chi connectivity index (χ1n) is 12.3. The second kappa shape index (κ2) is 11.4. The minimum Gasteiger partial charge on any atom is -0.267 e. The molecule has 40 heavy (non-hydrogen) atoms. The molecule has 5 aromatic rings. The molecule has 3 heterocycles. The molecule has 204 valence electrons. The molecule has 6 nitrogen and oxygen atoms in total. The number of aryl methyl sites for hydroxylation is 3. The van der Waals surface area contributed by atoms with Crippen LogP contribution in [-0.2, 0) is 19.1 Å². The van der Waals surface area contributed by atoms with E-state index in [9.17, 15) is 18.0 Å². The van der Waals surface area contributed by atoms with Gasteiger partial charge in [-0.05, 0) is 48.7 Å². The molecule has 0 aliphatic carbocycles. The summed E-state index contributed by atoms with van der Waals surface area (Å²) in [6.45, 7) is 5.34. The fourth-order valence-corrected chi connectivity index (χ4v) is 4.60. The Balaban J connectivity index is 0.00000181. The van der Waals surface area contributed by atoms with Gasteiger partial charge >= 0.3 is 6.18 Å². The third-order valence-electron chi connectivity index (χ3n) is 6.46. The van der Waals surface area contributed by atoms with Gasteiger partial charge in [0.1, 0.15) is 5.69 Å². The fraction of sp³-hybridized carbons (Fsp3) is 0.200. The maximum atomic E-state index is 14.3. The summed E-state index contributed by atoms with van der Waals surface area (Å²) in [5.74, 6) is 0.542. The molecule has 0 aliphatic heterocycles. The summed E-state index contributed by atoms with van der Waals surface area (Å²) in [6, 6.07) is 17.0. The number of hydrogen-bond acceptors (Lipinski definition) is 4. The van der Waals surface area contributed by atoms with Crippen molar-refractivity contribution in [3.8, 4) is 35.1 Å². The molecular formula is C30H25ClF3N5O. The Morgan fingerprint density at radius 2 is 1.48 bits per heavy atom. The summed E-state index contributed by atoms with van der Waals surface area (Å²) in [5.41, 5.74) is 3.27. The number of nitrogens with zero attached hydrogens (tertiary/aromatic N) is 5. The highest BCUT2D eigenvalue weighted by molar-refractivity contribution is 6.30. The average molecular weight is 564 g/mol. The molecule has 2 aromatic carbocycles. The van der Waals surface area contributed by atoms with E-state index in [0.717, 1.165) is 17.2 Å². The van der Waals surface area contributed by atoms with E-state index < -0.39 is 11.9 Å². The lowest BCUT2D eigenvalue weighted by Gasteiger charge is -2.18. The van der Waals surface area contributed by atoms with Crippen molar-refractivity contribution in [3.63, 3.8) is 0 Å². The Labute approximate surface area is 234 Å². The van der Waals surface area contributed by atoms with Crippen LogP contribution in [0.2, 0.25) is 5.02 Å². The zero-order chi connectivity index (χ0) is 29.2. The molecule has 0 spiro atoms. The van der Waals surface area contributed by atoms with Gasteiger partial charge in [0.15, 0.2) is 11.5 Å². The number of benzene rings is 2. The van der Waals surface area contributed by atoms with Crippen LogP contribution in [0.4, 0.5) is 13.2 Å². The molecule has 0 aliphatic rings. The molecule has 5 rings (SSSR count). The zero-order valence-corrected chi connectivity index (χ0v) is 22.8. The lowest BCUT2D eigenvalue weighted by molar-refractivity contribution is -0.141. The highest BCUT2D eigenvalue weighted by Gasteiger charge is 2.33. The van der Waals surface area contributed by atoms with E-state index in [1.807, 2.05) is 50.2 Å². The van der Waals surface area contributed by atoms with Crippen LogP contribution in [0.1, 0.15) is 35.3 Å². The second-order valence-corrected chi connectivity index (χ2v) is 9.47. The lowest BCUT2D eigenvalue weighted by atomic mass is 9.96. The number of hydrogen-bond donors (Lipinski definition) is 0. The molecule has 0 radical (unpaired) electrons. The Kier molecular flexibility index (Phi) is 8.12. The summed E-state index contributed by atoms with van der Waals surface area (Å²) in [4.78, 5) is 18.0. The van der Waals surface area contributed by atoms with Crippen LogP contribution in [0.25, 0.3) is 27.9 Å². The van der Waals surface area contributed by atoms with Crippen molar-refractivity contribution in [3.05, 3.63) is 104 Å². The van der Waals surface area contributed by atoms with Gasteiger partial charge in [-0.1, -0.05) is 66.6 Å². The first-order chi connectivity index (χ1) is 19.1. The SMILES string of the molecule is C#C.CCc1nnc2c(-c3ccc(Cl)cc3)c(-c3ccc(C)cc3)c(=O)n(Cc3ccc(C(F)(F)F)nc3C)n12. The van der Waals surface area contributed by atoms with Crippen LogP contribution in [-0.4, -0.2) is 24.4 Å². The van der Waals surface area contributed by atoms with Gasteiger partial charge in [-0.25, -0.2) is 14.2 Å². The van der Waals surface area contributed by atoms with Gasteiger partial charge in [0.2, 0.25) is 0 Å². The van der Waals surface area contributed by atoms with E-state index in [4.69, 9.17) is 11.6 Å². The van der Waals surface area contributed by atoms with Crippen LogP contribution in [0, 0.1) is 26.7 Å². The smallest absolute Gasteiger partial charge is 0.267 e. The van der Waals surface area contributed by atoms with Crippen LogP contribution < -0.4 is 5.56 Å². The van der Waals surface area contributed by atoms with Gasteiger partial charge in [-0.3, -0.25) is 4.79 Å². The highest BCUT2D eigenvalue weighted by Crippen LogP contribution is 2.34. The van der Waals surface area contributed by atoms with Gasteiger partial charge in [-0.15, -0.1) is 23.0 Å². The summed E-state index contributed by atoms with van der Waals surface area (Å²) in [7, 11) is 0. The summed E-state index contributed by atoms with van der Waals surface area (Å²) < 4.78 is 42.8. The van der Waals surface area contributed by atoms with Crippen molar-refractivity contribution in [2.24, 2.45) is 0 Å². The number of fused-ring (bicyclic) bond motifs is 1. The molecule has 3 aromatic heterocycles. The van der Waals surface area contributed by atoms with Gasteiger partial charge in [0.25, 0.3) is 5.56 Å². The van der Waals surface area contributed by atoms with Crippen molar-refractivity contribution >= 4 is 17.2 Å². The zero-order valence-electron chi connectivity index (χ0n) is 22.0. The highest BCUT2D eigenvalue weighted by atomic mass is 35.5. The number of terminal acetylenes is 1. The van der Waals surface area contributed by atoms with Gasteiger partial charge in [-0.2, -0.15) is 13.2 Å². The first kappa shape index (κ1) is 28.6. The third kappa shape index (κ3) is 5.36. The first-order valence-corrected chi connectivity index (χ1v) is 12.7. The Morgan fingerprint density at radius 1 is 0.875 bits per heavy atom. The maximum Gasteiger partial charge on any atom is 0.433 e. The topological polar surface area (TPSA) is 65.1 Å². The minimum atomic E-state index is -4.56. The third-order valence-corrected chi connectivity index (χ3v) is 6.72. The molecule has 0 N–H and O–H groups in total. The van der Waals surface area contributed by atoms with Crippen LogP contribution in [0.3, 0.4) is 0 Å². The Morgan fingerprint density at radius 3 is 2.05 bits per heavy atom. The Bertz CT molecular complexity index is 1750. The predicted octanol–water partition coefficient (Wildman–Crippen LogP) is 6.77. The molecule has 0 saturated heterocycles. The monoisotopic (exact) mass is 563 g/mol. The van der Waals surface area contributed by atoms with Crippen molar-refractivity contribution in [1.29, 1.82) is 0 Å². The summed E-state index contributed by atoms with van der Waals surface area (Å²) >= 11 is 6.14. The van der Waals surface area contributed by atoms with E-state index in [1.54, 1.807) is 16.6 Å². The van der Waals surface area contributed by atoms with Gasteiger partial charge in [0, 0.05) is 22.7 Å². The number of aromatic nitrogens is 5. The number of halogens is 4. The van der Waals surface area contributed by atoms with Crippen LogP contribution >= 0.6 is 11.6 Å². The fourth-order valence-electron chi connectivity index (χ4n) is 4.48. The van der Waals surface area contributed by atoms with Gasteiger partial charge in [0.05, 0.1) is 12.1 Å². The average Bonchev–Trinajstić information content (AvgIpc) is 3.36. The minimum absolute atomic E-state index is 0.0168. The van der Waals surface area contributed by atoms with Crippen molar-refractivity contribution in [1.82, 2.24) is 24.4 Å². The van der Waals surface area contributed by atoms with E-state index in [0.29, 0.717) is 45.2 Å². The molecule has 0 fully saturated rings. The van der Waals surface area contributed by atoms with Crippen molar-refractivity contribution in [2.45, 2.75) is 39.9 Å².